The van der Waals surface area contributed by atoms with E-state index in [1.165, 1.54) is 12.3 Å². The lowest BCUT2D eigenvalue weighted by Gasteiger charge is -2.14. The number of aromatic nitrogens is 1. The molecule has 0 spiro atoms. The Morgan fingerprint density at radius 3 is 2.40 bits per heavy atom. The quantitative estimate of drug-likeness (QED) is 0.761. The van der Waals surface area contributed by atoms with E-state index in [1.54, 1.807) is 12.1 Å². The number of nitrogens with zero attached hydrogens (tertiary/aromatic N) is 1. The van der Waals surface area contributed by atoms with Crippen molar-refractivity contribution in [2.24, 2.45) is 0 Å². The minimum atomic E-state index is -0.325. The van der Waals surface area contributed by atoms with Crippen LogP contribution in [0.2, 0.25) is 0 Å². The number of rotatable bonds is 7. The molecule has 2 amide bonds. The van der Waals surface area contributed by atoms with E-state index in [9.17, 15) is 9.59 Å². The van der Waals surface area contributed by atoms with Gasteiger partial charge in [0.05, 0.1) is 0 Å². The van der Waals surface area contributed by atoms with Crippen LogP contribution in [-0.4, -0.2) is 23.3 Å². The fraction of sp³-hybridized carbons (Fsp3) is 0.250. The zero-order valence-corrected chi connectivity index (χ0v) is 14.6. The van der Waals surface area contributed by atoms with Crippen LogP contribution in [0.25, 0.3) is 0 Å². The first-order chi connectivity index (χ1) is 12.1. The van der Waals surface area contributed by atoms with Gasteiger partial charge in [-0.2, -0.15) is 0 Å². The third-order valence-corrected chi connectivity index (χ3v) is 3.90. The molecule has 0 unspecified atom stereocenters. The largest absolute Gasteiger partial charge is 0.349 e. The summed E-state index contributed by atoms with van der Waals surface area (Å²) in [5.74, 6) is -0.589. The van der Waals surface area contributed by atoms with E-state index in [4.69, 9.17) is 0 Å². The number of para-hydroxylation sites is 1. The Balaban J connectivity index is 2.25. The molecule has 0 atom stereocenters. The van der Waals surface area contributed by atoms with Gasteiger partial charge in [0, 0.05) is 24.0 Å². The Hall–Kier alpha value is -2.95. The van der Waals surface area contributed by atoms with Crippen LogP contribution in [0.5, 0.6) is 0 Å². The third kappa shape index (κ3) is 4.53. The molecular formula is C20H23N3O2. The number of benzene rings is 1. The zero-order valence-electron chi connectivity index (χ0n) is 14.6. The summed E-state index contributed by atoms with van der Waals surface area (Å²) in [6.07, 6.45) is 4.70. The Morgan fingerprint density at radius 1 is 1.12 bits per heavy atom. The van der Waals surface area contributed by atoms with Gasteiger partial charge in [0.1, 0.15) is 5.69 Å². The van der Waals surface area contributed by atoms with Crippen molar-refractivity contribution in [3.05, 3.63) is 71.6 Å². The number of hydrogen-bond acceptors (Lipinski definition) is 3. The van der Waals surface area contributed by atoms with Gasteiger partial charge in [-0.15, -0.1) is 6.58 Å². The second-order valence-electron chi connectivity index (χ2n) is 5.54. The number of amides is 2. The lowest BCUT2D eigenvalue weighted by Crippen LogP contribution is -2.24. The maximum atomic E-state index is 12.6. The summed E-state index contributed by atoms with van der Waals surface area (Å²) in [6, 6.07) is 9.07. The Morgan fingerprint density at radius 2 is 1.80 bits per heavy atom. The predicted molar refractivity (Wildman–Crippen MR) is 99.9 cm³/mol. The van der Waals surface area contributed by atoms with Crippen LogP contribution < -0.4 is 10.6 Å². The SMILES string of the molecule is C=CCNC(=O)c1ccnc(C(=O)Nc2c(CC)cccc2CC)c1. The highest BCUT2D eigenvalue weighted by Crippen LogP contribution is 2.23. The molecule has 2 aromatic rings. The van der Waals surface area contributed by atoms with E-state index < -0.39 is 0 Å². The van der Waals surface area contributed by atoms with Gasteiger partial charge in [0.15, 0.2) is 0 Å². The van der Waals surface area contributed by atoms with Crippen LogP contribution in [0.15, 0.2) is 49.2 Å². The molecule has 5 heteroatoms. The van der Waals surface area contributed by atoms with Crippen LogP contribution in [0, 0.1) is 0 Å². The molecule has 0 aliphatic carbocycles. The highest BCUT2D eigenvalue weighted by Gasteiger charge is 2.14. The zero-order chi connectivity index (χ0) is 18.2. The molecule has 130 valence electrons. The predicted octanol–water partition coefficient (Wildman–Crippen LogP) is 3.37. The molecule has 2 N–H and O–H groups in total. The minimum absolute atomic E-state index is 0.208. The maximum Gasteiger partial charge on any atom is 0.274 e. The van der Waals surface area contributed by atoms with Crippen molar-refractivity contribution < 1.29 is 9.59 Å². The van der Waals surface area contributed by atoms with E-state index >= 15 is 0 Å². The van der Waals surface area contributed by atoms with Gasteiger partial charge in [-0.3, -0.25) is 14.6 Å². The van der Waals surface area contributed by atoms with Crippen molar-refractivity contribution in [2.75, 3.05) is 11.9 Å². The number of nitrogens with one attached hydrogen (secondary N) is 2. The second-order valence-corrected chi connectivity index (χ2v) is 5.54. The van der Waals surface area contributed by atoms with Gasteiger partial charge in [-0.25, -0.2) is 0 Å². The van der Waals surface area contributed by atoms with Crippen molar-refractivity contribution in [3.63, 3.8) is 0 Å². The fourth-order valence-electron chi connectivity index (χ4n) is 2.54. The molecule has 0 aliphatic rings. The Labute approximate surface area is 148 Å². The minimum Gasteiger partial charge on any atom is -0.349 e. The van der Waals surface area contributed by atoms with E-state index in [-0.39, 0.29) is 17.5 Å². The molecule has 0 bridgehead atoms. The van der Waals surface area contributed by atoms with Gasteiger partial charge in [-0.05, 0) is 36.1 Å². The van der Waals surface area contributed by atoms with Crippen LogP contribution >= 0.6 is 0 Å². The summed E-state index contributed by atoms with van der Waals surface area (Å²) >= 11 is 0. The Kier molecular flexibility index (Phi) is 6.46. The molecule has 0 fully saturated rings. The van der Waals surface area contributed by atoms with E-state index in [0.717, 1.165) is 29.7 Å². The average Bonchev–Trinajstić information content (AvgIpc) is 2.66. The highest BCUT2D eigenvalue weighted by atomic mass is 16.2. The smallest absolute Gasteiger partial charge is 0.274 e. The lowest BCUT2D eigenvalue weighted by atomic mass is 10.0. The molecule has 1 heterocycles. The lowest BCUT2D eigenvalue weighted by molar-refractivity contribution is 0.0958. The number of aryl methyl sites for hydroxylation is 2. The molecule has 1 aromatic carbocycles. The molecule has 1 aromatic heterocycles. The standard InChI is InChI=1S/C20H23N3O2/c1-4-11-22-19(24)16-10-12-21-17(13-16)20(25)23-18-14(5-2)8-7-9-15(18)6-3/h4,7-10,12-13H,1,5-6,11H2,2-3H3,(H,22,24)(H,23,25). The van der Waals surface area contributed by atoms with Gasteiger partial charge in [0.25, 0.3) is 11.8 Å². The molecule has 25 heavy (non-hydrogen) atoms. The highest BCUT2D eigenvalue weighted by molar-refractivity contribution is 6.05. The van der Waals surface area contributed by atoms with Crippen LogP contribution in [0.1, 0.15) is 45.8 Å². The molecular weight excluding hydrogens is 314 g/mol. The summed E-state index contributed by atoms with van der Waals surface area (Å²) in [4.78, 5) is 28.7. The fourth-order valence-corrected chi connectivity index (χ4v) is 2.54. The first-order valence-electron chi connectivity index (χ1n) is 8.37. The van der Waals surface area contributed by atoms with Gasteiger partial charge in [0.2, 0.25) is 0 Å². The topological polar surface area (TPSA) is 71.1 Å². The van der Waals surface area contributed by atoms with Crippen molar-refractivity contribution in [2.45, 2.75) is 26.7 Å². The van der Waals surface area contributed by atoms with Crippen LogP contribution in [0.3, 0.4) is 0 Å². The molecule has 5 nitrogen and oxygen atoms in total. The average molecular weight is 337 g/mol. The molecule has 0 radical (unpaired) electrons. The monoisotopic (exact) mass is 337 g/mol. The number of hydrogen-bond donors (Lipinski definition) is 2. The van der Waals surface area contributed by atoms with Crippen molar-refractivity contribution >= 4 is 17.5 Å². The third-order valence-electron chi connectivity index (χ3n) is 3.90. The van der Waals surface area contributed by atoms with Gasteiger partial charge < -0.3 is 10.6 Å². The summed E-state index contributed by atoms with van der Waals surface area (Å²) in [5, 5.41) is 5.64. The van der Waals surface area contributed by atoms with Crippen molar-refractivity contribution in [1.82, 2.24) is 10.3 Å². The molecule has 0 saturated heterocycles. The maximum absolute atomic E-state index is 12.6. The second kappa shape index (κ2) is 8.78. The van der Waals surface area contributed by atoms with E-state index in [0.29, 0.717) is 12.1 Å². The number of carbonyl (C=O) groups excluding carboxylic acids is 2. The number of carbonyl (C=O) groups is 2. The van der Waals surface area contributed by atoms with E-state index in [2.05, 4.69) is 22.2 Å². The molecule has 2 rings (SSSR count). The summed E-state index contributed by atoms with van der Waals surface area (Å²) in [6.45, 7) is 8.03. The van der Waals surface area contributed by atoms with Gasteiger partial charge in [-0.1, -0.05) is 38.1 Å². The number of pyridine rings is 1. The normalized spacial score (nSPS) is 10.2. The Bertz CT molecular complexity index is 762. The molecule has 0 saturated carbocycles. The van der Waals surface area contributed by atoms with Crippen molar-refractivity contribution in [3.8, 4) is 0 Å². The number of anilines is 1. The first-order valence-corrected chi connectivity index (χ1v) is 8.37. The van der Waals surface area contributed by atoms with Gasteiger partial charge >= 0.3 is 0 Å². The summed E-state index contributed by atoms with van der Waals surface area (Å²) in [5.41, 5.74) is 3.58. The van der Waals surface area contributed by atoms with Crippen LogP contribution in [0.4, 0.5) is 5.69 Å². The first kappa shape index (κ1) is 18.4. The van der Waals surface area contributed by atoms with Crippen molar-refractivity contribution in [1.29, 1.82) is 0 Å². The van der Waals surface area contributed by atoms with Crippen LogP contribution in [-0.2, 0) is 12.8 Å². The molecule has 0 aliphatic heterocycles. The van der Waals surface area contributed by atoms with E-state index in [1.807, 2.05) is 32.0 Å². The summed E-state index contributed by atoms with van der Waals surface area (Å²) < 4.78 is 0. The summed E-state index contributed by atoms with van der Waals surface area (Å²) in [7, 11) is 0.